The maximum atomic E-state index is 4.54. The minimum Gasteiger partial charge on any atom is -0.300 e. The van der Waals surface area contributed by atoms with Crippen LogP contribution in [0.3, 0.4) is 0 Å². The molecule has 0 saturated carbocycles. The lowest BCUT2D eigenvalue weighted by Crippen LogP contribution is -2.35. The second-order valence-corrected chi connectivity index (χ2v) is 6.41. The van der Waals surface area contributed by atoms with Gasteiger partial charge in [-0.1, -0.05) is 0 Å². The molecule has 0 bridgehead atoms. The minimum absolute atomic E-state index is 0.428. The number of hydrogen-bond acceptors (Lipinski definition) is 3. The average Bonchev–Trinajstić information content (AvgIpc) is 2.74. The molecule has 2 heterocycles. The average molecular weight is 228 g/mol. The van der Waals surface area contributed by atoms with Crippen LogP contribution >= 0.6 is 12.6 Å². The van der Waals surface area contributed by atoms with Crippen molar-refractivity contribution in [3.8, 4) is 0 Å². The fourth-order valence-electron chi connectivity index (χ4n) is 3.03. The van der Waals surface area contributed by atoms with E-state index in [1.165, 1.54) is 39.0 Å². The largest absolute Gasteiger partial charge is 0.300 e. The summed E-state index contributed by atoms with van der Waals surface area (Å²) in [6.07, 6.45) is 2.77. The van der Waals surface area contributed by atoms with Crippen molar-refractivity contribution in [2.45, 2.75) is 45.0 Å². The van der Waals surface area contributed by atoms with Gasteiger partial charge in [-0.05, 0) is 52.1 Å². The first-order valence-corrected chi connectivity index (χ1v) is 6.70. The predicted octanol–water partition coefficient (Wildman–Crippen LogP) is 2.07. The molecule has 2 rings (SSSR count). The second kappa shape index (κ2) is 4.27. The van der Waals surface area contributed by atoms with Gasteiger partial charge in [-0.25, -0.2) is 0 Å². The van der Waals surface area contributed by atoms with Gasteiger partial charge in [0.1, 0.15) is 0 Å². The Kier molecular flexibility index (Phi) is 3.34. The van der Waals surface area contributed by atoms with Crippen LogP contribution in [0.1, 0.15) is 33.6 Å². The van der Waals surface area contributed by atoms with Crippen molar-refractivity contribution in [3.05, 3.63) is 0 Å². The lowest BCUT2D eigenvalue weighted by atomic mass is 9.86. The van der Waals surface area contributed by atoms with Gasteiger partial charge in [-0.15, -0.1) is 0 Å². The van der Waals surface area contributed by atoms with Gasteiger partial charge in [0.25, 0.3) is 0 Å². The van der Waals surface area contributed by atoms with E-state index in [4.69, 9.17) is 0 Å². The molecule has 2 aliphatic rings. The molecular weight excluding hydrogens is 204 g/mol. The lowest BCUT2D eigenvalue weighted by molar-refractivity contribution is 0.215. The van der Waals surface area contributed by atoms with Gasteiger partial charge in [0.2, 0.25) is 0 Å². The van der Waals surface area contributed by atoms with Crippen molar-refractivity contribution in [1.29, 1.82) is 0 Å². The van der Waals surface area contributed by atoms with Crippen LogP contribution < -0.4 is 0 Å². The van der Waals surface area contributed by atoms with E-state index in [1.807, 2.05) is 0 Å². The standard InChI is InChI=1S/C12H24N2S/c1-10(2)13-6-4-12(8-13)5-7-14(9-12)11(3)15/h10-11,15H,4-9H2,1-3H3. The molecule has 2 atom stereocenters. The highest BCUT2D eigenvalue weighted by Crippen LogP contribution is 2.40. The van der Waals surface area contributed by atoms with Gasteiger partial charge in [0, 0.05) is 24.5 Å². The molecule has 0 aromatic carbocycles. The summed E-state index contributed by atoms with van der Waals surface area (Å²) in [5.41, 5.74) is 0.598. The third-order valence-electron chi connectivity index (χ3n) is 4.19. The number of rotatable bonds is 2. The Hall–Kier alpha value is 0.270. The van der Waals surface area contributed by atoms with Crippen LogP contribution in [-0.2, 0) is 0 Å². The number of thiol groups is 1. The fourth-order valence-corrected chi connectivity index (χ4v) is 3.23. The first-order chi connectivity index (χ1) is 7.02. The van der Waals surface area contributed by atoms with E-state index >= 15 is 0 Å². The zero-order valence-electron chi connectivity index (χ0n) is 10.2. The lowest BCUT2D eigenvalue weighted by Gasteiger charge is -2.27. The third-order valence-corrected chi connectivity index (χ3v) is 4.52. The molecule has 0 amide bonds. The Balaban J connectivity index is 1.95. The smallest absolute Gasteiger partial charge is 0.0499 e. The Morgan fingerprint density at radius 2 is 1.53 bits per heavy atom. The van der Waals surface area contributed by atoms with E-state index in [0.717, 1.165) is 0 Å². The fraction of sp³-hybridized carbons (Fsp3) is 1.00. The van der Waals surface area contributed by atoms with Crippen LogP contribution in [0.4, 0.5) is 0 Å². The number of hydrogen-bond donors (Lipinski definition) is 1. The SMILES string of the molecule is CC(C)N1CCC2(CCN(C(C)S)C2)C1. The van der Waals surface area contributed by atoms with E-state index in [9.17, 15) is 0 Å². The molecule has 0 N–H and O–H groups in total. The molecule has 0 aromatic heterocycles. The van der Waals surface area contributed by atoms with Crippen molar-refractivity contribution < 1.29 is 0 Å². The zero-order valence-corrected chi connectivity index (χ0v) is 11.1. The van der Waals surface area contributed by atoms with Crippen LogP contribution in [0.2, 0.25) is 0 Å². The molecule has 0 aliphatic carbocycles. The molecule has 2 fully saturated rings. The van der Waals surface area contributed by atoms with Crippen molar-refractivity contribution >= 4 is 12.6 Å². The van der Waals surface area contributed by atoms with E-state index < -0.39 is 0 Å². The summed E-state index contributed by atoms with van der Waals surface area (Å²) in [6, 6.07) is 0.715. The second-order valence-electron chi connectivity index (χ2n) is 5.67. The highest BCUT2D eigenvalue weighted by Gasteiger charge is 2.44. The first kappa shape index (κ1) is 11.7. The molecule has 0 radical (unpaired) electrons. The third kappa shape index (κ3) is 2.34. The molecule has 2 saturated heterocycles. The van der Waals surface area contributed by atoms with Crippen molar-refractivity contribution in [3.63, 3.8) is 0 Å². The Morgan fingerprint density at radius 1 is 1.00 bits per heavy atom. The molecule has 2 aliphatic heterocycles. The van der Waals surface area contributed by atoms with Crippen molar-refractivity contribution in [2.24, 2.45) is 5.41 Å². The molecule has 1 spiro atoms. The number of likely N-dealkylation sites (tertiary alicyclic amines) is 2. The summed E-state index contributed by atoms with van der Waals surface area (Å²) in [4.78, 5) is 5.15. The molecule has 2 unspecified atom stereocenters. The van der Waals surface area contributed by atoms with E-state index in [2.05, 4.69) is 43.2 Å². The molecule has 3 heteroatoms. The Labute approximate surface area is 99.4 Å². The highest BCUT2D eigenvalue weighted by atomic mass is 32.1. The molecular formula is C12H24N2S. The van der Waals surface area contributed by atoms with Crippen LogP contribution in [0.25, 0.3) is 0 Å². The van der Waals surface area contributed by atoms with E-state index in [1.54, 1.807) is 0 Å². The monoisotopic (exact) mass is 228 g/mol. The summed E-state index contributed by atoms with van der Waals surface area (Å²) in [6.45, 7) is 11.9. The van der Waals surface area contributed by atoms with Gasteiger partial charge < -0.3 is 4.90 Å². The molecule has 0 aromatic rings. The number of nitrogens with zero attached hydrogens (tertiary/aromatic N) is 2. The molecule has 15 heavy (non-hydrogen) atoms. The van der Waals surface area contributed by atoms with Gasteiger partial charge in [0.15, 0.2) is 0 Å². The molecule has 2 nitrogen and oxygen atoms in total. The van der Waals surface area contributed by atoms with Crippen LogP contribution in [-0.4, -0.2) is 47.4 Å². The predicted molar refractivity (Wildman–Crippen MR) is 68.4 cm³/mol. The summed E-state index contributed by atoms with van der Waals surface area (Å²) in [7, 11) is 0. The van der Waals surface area contributed by atoms with Crippen molar-refractivity contribution in [2.75, 3.05) is 26.2 Å². The summed E-state index contributed by atoms with van der Waals surface area (Å²) in [5, 5.41) is 0.428. The quantitative estimate of drug-likeness (QED) is 0.723. The maximum absolute atomic E-state index is 4.54. The summed E-state index contributed by atoms with van der Waals surface area (Å²) >= 11 is 4.54. The summed E-state index contributed by atoms with van der Waals surface area (Å²) < 4.78 is 0. The topological polar surface area (TPSA) is 6.48 Å². The van der Waals surface area contributed by atoms with E-state index in [0.29, 0.717) is 16.8 Å². The van der Waals surface area contributed by atoms with Crippen molar-refractivity contribution in [1.82, 2.24) is 9.80 Å². The van der Waals surface area contributed by atoms with Gasteiger partial charge in [0.05, 0.1) is 0 Å². The normalized spacial score (nSPS) is 35.8. The van der Waals surface area contributed by atoms with Crippen LogP contribution in [0.15, 0.2) is 0 Å². The maximum Gasteiger partial charge on any atom is 0.0499 e. The first-order valence-electron chi connectivity index (χ1n) is 6.19. The highest BCUT2D eigenvalue weighted by molar-refractivity contribution is 7.80. The Morgan fingerprint density at radius 3 is 1.93 bits per heavy atom. The van der Waals surface area contributed by atoms with Gasteiger partial charge >= 0.3 is 0 Å². The summed E-state index contributed by atoms with van der Waals surface area (Å²) in [5.74, 6) is 0. The molecule has 88 valence electrons. The van der Waals surface area contributed by atoms with Crippen LogP contribution in [0, 0.1) is 5.41 Å². The minimum atomic E-state index is 0.428. The zero-order chi connectivity index (χ0) is 11.1. The van der Waals surface area contributed by atoms with E-state index in [-0.39, 0.29) is 0 Å². The Bertz CT molecular complexity index is 204. The van der Waals surface area contributed by atoms with Gasteiger partial charge in [-0.2, -0.15) is 12.6 Å². The van der Waals surface area contributed by atoms with Crippen LogP contribution in [0.5, 0.6) is 0 Å². The van der Waals surface area contributed by atoms with Gasteiger partial charge in [-0.3, -0.25) is 4.90 Å².